The van der Waals surface area contributed by atoms with Gasteiger partial charge in [0.25, 0.3) is 0 Å². The van der Waals surface area contributed by atoms with E-state index in [1.54, 1.807) is 6.07 Å². The summed E-state index contributed by atoms with van der Waals surface area (Å²) in [5.41, 5.74) is 4.88. The molecule has 0 aliphatic carbocycles. The number of carbonyl (C=O) groups is 2. The molecule has 0 radical (unpaired) electrons. The fourth-order valence-electron chi connectivity index (χ4n) is 4.60. The molecule has 4 rings (SSSR count). The fourth-order valence-corrected chi connectivity index (χ4v) is 4.60. The fraction of sp³-hybridized carbons (Fsp3) is 0.364. The van der Waals surface area contributed by atoms with E-state index in [0.29, 0.717) is 23.7 Å². The summed E-state index contributed by atoms with van der Waals surface area (Å²) < 4.78 is 0. The van der Waals surface area contributed by atoms with Crippen LogP contribution in [0.5, 0.6) is 11.5 Å². The van der Waals surface area contributed by atoms with Gasteiger partial charge in [0.2, 0.25) is 0 Å². The minimum atomic E-state index is -1.17. The molecule has 2 aliphatic rings. The van der Waals surface area contributed by atoms with Crippen LogP contribution in [0.3, 0.4) is 0 Å². The van der Waals surface area contributed by atoms with Gasteiger partial charge in [0, 0.05) is 41.5 Å². The van der Waals surface area contributed by atoms with E-state index in [0.717, 1.165) is 29.7 Å². The van der Waals surface area contributed by atoms with Crippen LogP contribution in [0.4, 0.5) is 5.69 Å². The van der Waals surface area contributed by atoms with E-state index in [1.165, 1.54) is 10.5 Å². The monoisotopic (exact) mass is 412 g/mol. The number of rotatable bonds is 6. The van der Waals surface area contributed by atoms with Crippen LogP contribution in [0.2, 0.25) is 0 Å². The maximum Gasteiger partial charge on any atom is 0.317 e. The summed E-state index contributed by atoms with van der Waals surface area (Å²) in [6, 6.07) is 8.04. The molecule has 2 aliphatic heterocycles. The number of fused-ring (bicyclic) bond motifs is 2. The molecule has 4 N–H and O–H groups in total. The topological polar surface area (TPSA) is 122 Å². The van der Waals surface area contributed by atoms with Crippen molar-refractivity contribution in [1.82, 2.24) is 4.90 Å². The second kappa shape index (κ2) is 7.53. The van der Waals surface area contributed by atoms with Crippen molar-refractivity contribution in [3.05, 3.63) is 41.0 Å². The largest absolute Gasteiger partial charge is 0.504 e. The van der Waals surface area contributed by atoms with Gasteiger partial charge < -0.3 is 25.3 Å². The van der Waals surface area contributed by atoms with Crippen molar-refractivity contribution in [2.24, 2.45) is 0 Å². The van der Waals surface area contributed by atoms with Gasteiger partial charge in [-0.25, -0.2) is 0 Å². The Morgan fingerprint density at radius 3 is 2.47 bits per heavy atom. The Morgan fingerprint density at radius 2 is 1.80 bits per heavy atom. The van der Waals surface area contributed by atoms with Gasteiger partial charge >= 0.3 is 11.9 Å². The smallest absolute Gasteiger partial charge is 0.317 e. The zero-order valence-corrected chi connectivity index (χ0v) is 16.6. The first-order valence-electron chi connectivity index (χ1n) is 9.87. The Kier molecular flexibility index (Phi) is 5.03. The Morgan fingerprint density at radius 1 is 1.10 bits per heavy atom. The third-order valence-electron chi connectivity index (χ3n) is 5.93. The maximum atomic E-state index is 11.1. The van der Waals surface area contributed by atoms with Gasteiger partial charge in [-0.2, -0.15) is 0 Å². The van der Waals surface area contributed by atoms with Gasteiger partial charge in [-0.05, 0) is 37.0 Å². The van der Waals surface area contributed by atoms with Crippen molar-refractivity contribution in [2.75, 3.05) is 18.0 Å². The number of carboxylic acid groups (broad SMARTS) is 2. The summed E-state index contributed by atoms with van der Waals surface area (Å²) in [5, 5.41) is 39.7. The van der Waals surface area contributed by atoms with E-state index in [-0.39, 0.29) is 18.0 Å². The Balaban J connectivity index is 1.79. The Bertz CT molecular complexity index is 1020. The molecule has 0 aromatic heterocycles. The highest BCUT2D eigenvalue weighted by atomic mass is 16.4. The molecule has 1 atom stereocenters. The predicted molar refractivity (Wildman–Crippen MR) is 110 cm³/mol. The molecular formula is C22H24N2O6. The molecule has 0 bridgehead atoms. The molecule has 8 nitrogen and oxygen atoms in total. The molecular weight excluding hydrogens is 388 g/mol. The van der Waals surface area contributed by atoms with Crippen LogP contribution >= 0.6 is 0 Å². The first kappa shape index (κ1) is 20.0. The van der Waals surface area contributed by atoms with Crippen LogP contribution in [0.1, 0.15) is 30.0 Å². The van der Waals surface area contributed by atoms with E-state index in [1.807, 2.05) is 12.1 Å². The Hall–Kier alpha value is -3.26. The average Bonchev–Trinajstić information content (AvgIpc) is 2.67. The number of aromatic hydroxyl groups is 2. The number of phenols is 2. The number of hydrogen-bond acceptors (Lipinski definition) is 6. The molecule has 0 saturated carbocycles. The van der Waals surface area contributed by atoms with Gasteiger partial charge in [0.05, 0.1) is 13.1 Å². The van der Waals surface area contributed by atoms with Crippen LogP contribution in [-0.4, -0.2) is 56.4 Å². The van der Waals surface area contributed by atoms with Crippen molar-refractivity contribution in [3.8, 4) is 22.6 Å². The number of aryl methyl sites for hydroxylation is 1. The summed E-state index contributed by atoms with van der Waals surface area (Å²) in [6.45, 7) is 1.64. The lowest BCUT2D eigenvalue weighted by molar-refractivity contribution is -0.142. The number of benzene rings is 2. The number of para-hydroxylation sites is 1. The summed E-state index contributed by atoms with van der Waals surface area (Å²) >= 11 is 0. The quantitative estimate of drug-likeness (QED) is 0.534. The second-order valence-corrected chi connectivity index (χ2v) is 8.03. The molecule has 158 valence electrons. The molecule has 1 unspecified atom stereocenters. The molecule has 0 amide bonds. The molecule has 0 saturated heterocycles. The molecule has 30 heavy (non-hydrogen) atoms. The van der Waals surface area contributed by atoms with Crippen LogP contribution < -0.4 is 4.90 Å². The minimum absolute atomic E-state index is 0.103. The third-order valence-corrected chi connectivity index (χ3v) is 5.93. The molecule has 0 fully saturated rings. The number of nitrogens with zero attached hydrogens (tertiary/aromatic N) is 2. The minimum Gasteiger partial charge on any atom is -0.504 e. The van der Waals surface area contributed by atoms with Crippen molar-refractivity contribution < 1.29 is 30.0 Å². The highest BCUT2D eigenvalue weighted by Gasteiger charge is 2.33. The normalized spacial score (nSPS) is 16.9. The zero-order valence-electron chi connectivity index (χ0n) is 16.6. The van der Waals surface area contributed by atoms with Crippen molar-refractivity contribution >= 4 is 17.6 Å². The highest BCUT2D eigenvalue weighted by Crippen LogP contribution is 2.51. The average molecular weight is 412 g/mol. The maximum absolute atomic E-state index is 11.1. The van der Waals surface area contributed by atoms with Crippen molar-refractivity contribution in [1.29, 1.82) is 0 Å². The second-order valence-electron chi connectivity index (χ2n) is 8.03. The van der Waals surface area contributed by atoms with Crippen LogP contribution in [-0.2, 0) is 29.1 Å². The first-order chi connectivity index (χ1) is 14.3. The number of anilines is 1. The standard InChI is InChI=1S/C22H24N2O6/c1-12-5-6-13-3-2-4-16-19-14(9-24(12)20(13)16)7-15(21(29)22(19)30)8-23(10-17(25)26)11-18(27)28/h2-4,7,12,29-30H,5-6,8-11H2,1H3,(H,25,26)(H,27,28). The SMILES string of the molecule is CC1CCc2cccc3c2N1Cc1cc(CN(CC(=O)O)CC(=O)O)c(O)c(O)c1-3. The summed E-state index contributed by atoms with van der Waals surface area (Å²) in [4.78, 5) is 25.7. The molecule has 2 aromatic rings. The first-order valence-corrected chi connectivity index (χ1v) is 9.87. The predicted octanol–water partition coefficient (Wildman–Crippen LogP) is 2.39. The molecule has 8 heteroatoms. The van der Waals surface area contributed by atoms with E-state index in [2.05, 4.69) is 17.9 Å². The van der Waals surface area contributed by atoms with E-state index in [4.69, 9.17) is 10.2 Å². The van der Waals surface area contributed by atoms with Crippen LogP contribution in [0.25, 0.3) is 11.1 Å². The number of hydrogen-bond donors (Lipinski definition) is 4. The molecule has 2 aromatic carbocycles. The number of carboxylic acids is 2. The van der Waals surface area contributed by atoms with Gasteiger partial charge in [0.1, 0.15) is 0 Å². The lowest BCUT2D eigenvalue weighted by atomic mass is 9.84. The van der Waals surface area contributed by atoms with Crippen molar-refractivity contribution in [2.45, 2.75) is 38.9 Å². The lowest BCUT2D eigenvalue weighted by Crippen LogP contribution is -2.39. The van der Waals surface area contributed by atoms with E-state index in [9.17, 15) is 19.8 Å². The lowest BCUT2D eigenvalue weighted by Gasteiger charge is -2.42. The summed E-state index contributed by atoms with van der Waals surface area (Å²) in [7, 11) is 0. The number of phenolic OH excluding ortho intramolecular Hbond substituents is 2. The van der Waals surface area contributed by atoms with Gasteiger partial charge in [-0.15, -0.1) is 0 Å². The van der Waals surface area contributed by atoms with Crippen LogP contribution in [0.15, 0.2) is 24.3 Å². The zero-order chi connectivity index (χ0) is 21.6. The van der Waals surface area contributed by atoms with E-state index < -0.39 is 25.0 Å². The summed E-state index contributed by atoms with van der Waals surface area (Å²) in [5.74, 6) is -2.92. The van der Waals surface area contributed by atoms with Gasteiger partial charge in [-0.3, -0.25) is 14.5 Å². The van der Waals surface area contributed by atoms with Gasteiger partial charge in [-0.1, -0.05) is 18.2 Å². The van der Waals surface area contributed by atoms with Gasteiger partial charge in [0.15, 0.2) is 11.5 Å². The highest BCUT2D eigenvalue weighted by molar-refractivity contribution is 5.91. The molecule has 2 heterocycles. The van der Waals surface area contributed by atoms with E-state index >= 15 is 0 Å². The third kappa shape index (κ3) is 3.43. The molecule has 0 spiro atoms. The number of aliphatic carboxylic acids is 2. The van der Waals surface area contributed by atoms with Crippen LogP contribution in [0, 0.1) is 0 Å². The van der Waals surface area contributed by atoms with Crippen molar-refractivity contribution in [3.63, 3.8) is 0 Å². The Labute approximate surface area is 173 Å². The summed E-state index contributed by atoms with van der Waals surface area (Å²) in [6.07, 6.45) is 1.98.